The van der Waals surface area contributed by atoms with Gasteiger partial charge in [-0.15, -0.1) is 0 Å². The van der Waals surface area contributed by atoms with E-state index in [0.717, 1.165) is 28.9 Å². The van der Waals surface area contributed by atoms with Crippen molar-refractivity contribution >= 4 is 28.5 Å². The molecule has 5 nitrogen and oxygen atoms in total. The second kappa shape index (κ2) is 8.86. The van der Waals surface area contributed by atoms with Gasteiger partial charge >= 0.3 is 5.97 Å². The Morgan fingerprint density at radius 2 is 1.76 bits per heavy atom. The molecule has 1 aromatic heterocycles. The number of nitrogens with one attached hydrogen (secondary N) is 1. The minimum Gasteiger partial charge on any atom is -0.449 e. The Hall–Kier alpha value is -3.21. The number of hydrogen-bond donors (Lipinski definition) is 1. The number of anilines is 1. The molecular weight excluding hydrogens is 364 g/mol. The quantitative estimate of drug-likeness (QED) is 0.584. The zero-order chi connectivity index (χ0) is 21.0. The summed E-state index contributed by atoms with van der Waals surface area (Å²) in [7, 11) is 0. The number of amides is 1. The smallest absolute Gasteiger partial charge is 0.339 e. The molecule has 0 saturated carbocycles. The van der Waals surface area contributed by atoms with E-state index in [1.807, 2.05) is 55.5 Å². The van der Waals surface area contributed by atoms with Crippen molar-refractivity contribution in [2.24, 2.45) is 0 Å². The molecule has 0 aliphatic heterocycles. The number of esters is 1. The van der Waals surface area contributed by atoms with E-state index in [-0.39, 0.29) is 5.91 Å². The lowest BCUT2D eigenvalue weighted by Crippen LogP contribution is -2.30. The molecule has 29 heavy (non-hydrogen) atoms. The first-order chi connectivity index (χ1) is 13.9. The van der Waals surface area contributed by atoms with Crippen molar-refractivity contribution in [2.75, 3.05) is 5.32 Å². The van der Waals surface area contributed by atoms with Gasteiger partial charge in [0.05, 0.1) is 11.1 Å². The van der Waals surface area contributed by atoms with Gasteiger partial charge in [0.2, 0.25) is 0 Å². The highest BCUT2D eigenvalue weighted by Crippen LogP contribution is 2.27. The molecule has 3 aromatic rings. The fourth-order valence-corrected chi connectivity index (χ4v) is 3.25. The molecule has 1 amide bonds. The SMILES string of the molecule is CC[C@H](C)c1ccccc1NC(=O)[C@H](C)OC(=O)c1cc(C)nc2ccccc12. The number of para-hydroxylation sites is 2. The van der Waals surface area contributed by atoms with E-state index in [4.69, 9.17) is 4.74 Å². The van der Waals surface area contributed by atoms with E-state index in [0.29, 0.717) is 16.9 Å². The van der Waals surface area contributed by atoms with E-state index in [9.17, 15) is 9.59 Å². The van der Waals surface area contributed by atoms with Gasteiger partial charge in [0.15, 0.2) is 6.10 Å². The molecule has 0 aliphatic rings. The number of hydrogen-bond acceptors (Lipinski definition) is 4. The highest BCUT2D eigenvalue weighted by atomic mass is 16.5. The number of carbonyl (C=O) groups excluding carboxylic acids is 2. The van der Waals surface area contributed by atoms with Crippen molar-refractivity contribution in [3.63, 3.8) is 0 Å². The third kappa shape index (κ3) is 4.62. The van der Waals surface area contributed by atoms with Crippen molar-refractivity contribution < 1.29 is 14.3 Å². The van der Waals surface area contributed by atoms with Crippen molar-refractivity contribution in [3.8, 4) is 0 Å². The summed E-state index contributed by atoms with van der Waals surface area (Å²) in [5.41, 5.74) is 3.67. The normalized spacial score (nSPS) is 13.0. The fraction of sp³-hybridized carbons (Fsp3) is 0.292. The van der Waals surface area contributed by atoms with Gasteiger partial charge in [-0.3, -0.25) is 9.78 Å². The van der Waals surface area contributed by atoms with Crippen LogP contribution in [-0.4, -0.2) is 23.0 Å². The van der Waals surface area contributed by atoms with Gasteiger partial charge in [-0.1, -0.05) is 50.2 Å². The fourth-order valence-electron chi connectivity index (χ4n) is 3.25. The van der Waals surface area contributed by atoms with Crippen LogP contribution in [0.4, 0.5) is 5.69 Å². The highest BCUT2D eigenvalue weighted by Gasteiger charge is 2.22. The molecule has 0 spiro atoms. The minimum absolute atomic E-state index is 0.315. The zero-order valence-electron chi connectivity index (χ0n) is 17.2. The van der Waals surface area contributed by atoms with Crippen LogP contribution in [0, 0.1) is 6.92 Å². The predicted octanol–water partition coefficient (Wildman–Crippen LogP) is 5.24. The van der Waals surface area contributed by atoms with E-state index < -0.39 is 12.1 Å². The molecule has 0 bridgehead atoms. The van der Waals surface area contributed by atoms with Crippen LogP contribution < -0.4 is 5.32 Å². The number of ether oxygens (including phenoxy) is 1. The summed E-state index contributed by atoms with van der Waals surface area (Å²) in [6.07, 6.45) is 0.0334. The monoisotopic (exact) mass is 390 g/mol. The van der Waals surface area contributed by atoms with E-state index >= 15 is 0 Å². The third-order valence-corrected chi connectivity index (χ3v) is 5.08. The summed E-state index contributed by atoms with van der Waals surface area (Å²) < 4.78 is 5.48. The Labute approximate surface area is 171 Å². The maximum atomic E-state index is 12.8. The number of aromatic nitrogens is 1. The largest absolute Gasteiger partial charge is 0.449 e. The Bertz CT molecular complexity index is 1050. The van der Waals surface area contributed by atoms with Gasteiger partial charge in [0.1, 0.15) is 0 Å². The first kappa shape index (κ1) is 20.5. The Kier molecular flexibility index (Phi) is 6.27. The third-order valence-electron chi connectivity index (χ3n) is 5.08. The van der Waals surface area contributed by atoms with Crippen LogP contribution in [0.2, 0.25) is 0 Å². The van der Waals surface area contributed by atoms with Gasteiger partial charge in [0, 0.05) is 16.8 Å². The van der Waals surface area contributed by atoms with Crippen molar-refractivity contribution in [2.45, 2.75) is 46.1 Å². The maximum Gasteiger partial charge on any atom is 0.339 e. The summed E-state index contributed by atoms with van der Waals surface area (Å²) in [4.78, 5) is 29.9. The Balaban J connectivity index is 1.77. The molecule has 0 aliphatic carbocycles. The molecule has 2 atom stereocenters. The molecule has 0 fully saturated rings. The maximum absolute atomic E-state index is 12.8. The standard InChI is InChI=1S/C24H26N2O3/c1-5-15(2)18-10-6-8-12-21(18)26-23(27)17(4)29-24(28)20-14-16(3)25-22-13-9-7-11-19(20)22/h6-15,17H,5H2,1-4H3,(H,26,27)/t15-,17-/m0/s1. The average molecular weight is 390 g/mol. The zero-order valence-corrected chi connectivity index (χ0v) is 17.2. The number of pyridine rings is 1. The lowest BCUT2D eigenvalue weighted by atomic mass is 9.97. The van der Waals surface area contributed by atoms with Gasteiger partial charge in [-0.2, -0.15) is 0 Å². The summed E-state index contributed by atoms with van der Waals surface area (Å²) in [5.74, 6) is -0.579. The van der Waals surface area contributed by atoms with E-state index in [2.05, 4.69) is 24.1 Å². The second-order valence-electron chi connectivity index (χ2n) is 7.26. The van der Waals surface area contributed by atoms with Gasteiger partial charge < -0.3 is 10.1 Å². The van der Waals surface area contributed by atoms with Crippen LogP contribution in [0.5, 0.6) is 0 Å². The van der Waals surface area contributed by atoms with Gasteiger partial charge in [-0.25, -0.2) is 4.79 Å². The molecule has 1 heterocycles. The summed E-state index contributed by atoms with van der Waals surface area (Å²) in [5, 5.41) is 3.61. The molecule has 0 radical (unpaired) electrons. The van der Waals surface area contributed by atoms with Crippen LogP contribution in [0.1, 0.15) is 54.7 Å². The van der Waals surface area contributed by atoms with Crippen LogP contribution in [0.15, 0.2) is 54.6 Å². The van der Waals surface area contributed by atoms with Crippen LogP contribution in [0.3, 0.4) is 0 Å². The average Bonchev–Trinajstić information content (AvgIpc) is 2.72. The molecule has 0 saturated heterocycles. The molecule has 0 unspecified atom stereocenters. The van der Waals surface area contributed by atoms with Gasteiger partial charge in [-0.05, 0) is 49.9 Å². The summed E-state index contributed by atoms with van der Waals surface area (Å²) in [6, 6.07) is 16.8. The number of carbonyl (C=O) groups is 2. The lowest BCUT2D eigenvalue weighted by Gasteiger charge is -2.18. The van der Waals surface area contributed by atoms with Crippen molar-refractivity contribution in [1.29, 1.82) is 0 Å². The molecular formula is C24H26N2O3. The summed E-state index contributed by atoms with van der Waals surface area (Å²) >= 11 is 0. The number of benzene rings is 2. The highest BCUT2D eigenvalue weighted by molar-refractivity contribution is 6.05. The molecule has 2 aromatic carbocycles. The van der Waals surface area contributed by atoms with E-state index in [1.165, 1.54) is 0 Å². The Morgan fingerprint density at radius 1 is 1.07 bits per heavy atom. The first-order valence-corrected chi connectivity index (χ1v) is 9.87. The van der Waals surface area contributed by atoms with Crippen molar-refractivity contribution in [3.05, 3.63) is 71.4 Å². The number of aryl methyl sites for hydroxylation is 1. The van der Waals surface area contributed by atoms with Gasteiger partial charge in [0.25, 0.3) is 5.91 Å². The second-order valence-corrected chi connectivity index (χ2v) is 7.26. The Morgan fingerprint density at radius 3 is 2.52 bits per heavy atom. The first-order valence-electron chi connectivity index (χ1n) is 9.87. The lowest BCUT2D eigenvalue weighted by molar-refractivity contribution is -0.123. The van der Waals surface area contributed by atoms with E-state index in [1.54, 1.807) is 13.0 Å². The number of nitrogens with zero attached hydrogens (tertiary/aromatic N) is 1. The predicted molar refractivity (Wildman–Crippen MR) is 115 cm³/mol. The molecule has 1 N–H and O–H groups in total. The number of rotatable bonds is 6. The van der Waals surface area contributed by atoms with Crippen molar-refractivity contribution in [1.82, 2.24) is 4.98 Å². The number of fused-ring (bicyclic) bond motifs is 1. The molecule has 3 rings (SSSR count). The molecule has 5 heteroatoms. The summed E-state index contributed by atoms with van der Waals surface area (Å²) in [6.45, 7) is 7.63. The van der Waals surface area contributed by atoms with Crippen LogP contribution in [-0.2, 0) is 9.53 Å². The minimum atomic E-state index is -0.931. The van der Waals surface area contributed by atoms with Crippen LogP contribution >= 0.6 is 0 Å². The molecule has 150 valence electrons. The van der Waals surface area contributed by atoms with Crippen LogP contribution in [0.25, 0.3) is 10.9 Å². The topological polar surface area (TPSA) is 68.3 Å².